The van der Waals surface area contributed by atoms with E-state index in [0.29, 0.717) is 10.8 Å². The van der Waals surface area contributed by atoms with Crippen LogP contribution in [0.15, 0.2) is 51.5 Å². The molecule has 0 radical (unpaired) electrons. The summed E-state index contributed by atoms with van der Waals surface area (Å²) in [7, 11) is 0. The summed E-state index contributed by atoms with van der Waals surface area (Å²) in [4.78, 5) is 16.2. The highest BCUT2D eigenvalue weighted by Gasteiger charge is 2.13. The van der Waals surface area contributed by atoms with Crippen LogP contribution in [-0.4, -0.2) is 21.2 Å². The zero-order valence-electron chi connectivity index (χ0n) is 10.7. The van der Waals surface area contributed by atoms with Crippen molar-refractivity contribution < 1.29 is 14.4 Å². The van der Waals surface area contributed by atoms with Crippen molar-refractivity contribution in [1.29, 1.82) is 0 Å². The Morgan fingerprint density at radius 3 is 3.05 bits per heavy atom. The fourth-order valence-corrected chi connectivity index (χ4v) is 3.27. The van der Waals surface area contributed by atoms with Gasteiger partial charge < -0.3 is 9.63 Å². The van der Waals surface area contributed by atoms with Crippen LogP contribution in [0.25, 0.3) is 10.6 Å². The summed E-state index contributed by atoms with van der Waals surface area (Å²) in [6.07, 6.45) is 1.58. The molecule has 3 aromatic heterocycles. The lowest BCUT2D eigenvalue weighted by atomic mass is 10.3. The summed E-state index contributed by atoms with van der Waals surface area (Å²) < 4.78 is 5.29. The molecule has 0 aliphatic rings. The van der Waals surface area contributed by atoms with E-state index in [1.165, 1.54) is 17.8 Å². The van der Waals surface area contributed by atoms with Crippen LogP contribution >= 0.6 is 23.1 Å². The number of pyridine rings is 1. The number of aromatic nitrogens is 2. The minimum atomic E-state index is -0.981. The van der Waals surface area contributed by atoms with Crippen molar-refractivity contribution in [2.75, 3.05) is 0 Å². The van der Waals surface area contributed by atoms with Crippen LogP contribution in [-0.2, 0) is 5.75 Å². The molecule has 0 saturated heterocycles. The first-order valence-electron chi connectivity index (χ1n) is 6.04. The van der Waals surface area contributed by atoms with Crippen molar-refractivity contribution in [3.05, 3.63) is 53.2 Å². The van der Waals surface area contributed by atoms with Gasteiger partial charge in [0.05, 0.1) is 16.1 Å². The fourth-order valence-electron chi connectivity index (χ4n) is 1.73. The number of carboxylic acid groups (broad SMARTS) is 1. The molecule has 0 unspecified atom stereocenters. The molecule has 3 rings (SSSR count). The maximum atomic E-state index is 11.1. The van der Waals surface area contributed by atoms with Crippen molar-refractivity contribution in [2.24, 2.45) is 0 Å². The number of thiophene rings is 1. The maximum absolute atomic E-state index is 11.1. The Labute approximate surface area is 128 Å². The summed E-state index contributed by atoms with van der Waals surface area (Å²) >= 11 is 2.91. The smallest absolute Gasteiger partial charge is 0.338 e. The van der Waals surface area contributed by atoms with Gasteiger partial charge in [-0.3, -0.25) is 0 Å². The highest BCUT2D eigenvalue weighted by atomic mass is 32.2. The molecule has 5 nitrogen and oxygen atoms in total. The summed E-state index contributed by atoms with van der Waals surface area (Å²) in [6.45, 7) is 0. The van der Waals surface area contributed by atoms with Crippen molar-refractivity contribution in [2.45, 2.75) is 10.8 Å². The maximum Gasteiger partial charge on any atom is 0.338 e. The highest BCUT2D eigenvalue weighted by Crippen LogP contribution is 2.28. The van der Waals surface area contributed by atoms with E-state index in [1.54, 1.807) is 23.6 Å². The standard InChI is InChI=1S/C14H10N2O3S2/c17-14(18)10-3-1-5-15-13(10)21-8-9-7-11(19-16-9)12-4-2-6-20-12/h1-7H,8H2,(H,17,18). The van der Waals surface area contributed by atoms with Gasteiger partial charge in [-0.15, -0.1) is 11.3 Å². The lowest BCUT2D eigenvalue weighted by Crippen LogP contribution is -2.00. The van der Waals surface area contributed by atoms with Gasteiger partial charge in [-0.2, -0.15) is 0 Å². The molecule has 0 saturated carbocycles. The molecule has 0 atom stereocenters. The number of rotatable bonds is 5. The van der Waals surface area contributed by atoms with E-state index in [2.05, 4.69) is 10.1 Å². The molecule has 0 aliphatic heterocycles. The van der Waals surface area contributed by atoms with Crippen LogP contribution in [0.5, 0.6) is 0 Å². The van der Waals surface area contributed by atoms with Crippen LogP contribution in [0.3, 0.4) is 0 Å². The molecule has 7 heteroatoms. The van der Waals surface area contributed by atoms with E-state index >= 15 is 0 Å². The van der Waals surface area contributed by atoms with E-state index in [0.717, 1.165) is 16.3 Å². The predicted octanol–water partition coefficient (Wildman–Crippen LogP) is 3.79. The van der Waals surface area contributed by atoms with Gasteiger partial charge in [-0.25, -0.2) is 9.78 Å². The molecule has 0 bridgehead atoms. The van der Waals surface area contributed by atoms with Gasteiger partial charge in [0.2, 0.25) is 0 Å². The summed E-state index contributed by atoms with van der Waals surface area (Å²) in [6, 6.07) is 8.92. The Kier molecular flexibility index (Phi) is 4.03. The highest BCUT2D eigenvalue weighted by molar-refractivity contribution is 7.98. The van der Waals surface area contributed by atoms with E-state index in [-0.39, 0.29) is 5.56 Å². The van der Waals surface area contributed by atoms with E-state index < -0.39 is 5.97 Å². The first kappa shape index (κ1) is 13.8. The predicted molar refractivity (Wildman–Crippen MR) is 80.6 cm³/mol. The molecular weight excluding hydrogens is 308 g/mol. The molecule has 3 heterocycles. The van der Waals surface area contributed by atoms with Crippen LogP contribution in [0.1, 0.15) is 16.1 Å². The van der Waals surface area contributed by atoms with E-state index in [1.807, 2.05) is 23.6 Å². The monoisotopic (exact) mass is 318 g/mol. The molecular formula is C14H10N2O3S2. The Hall–Kier alpha value is -2.12. The number of hydrogen-bond acceptors (Lipinski definition) is 6. The molecule has 106 valence electrons. The fraction of sp³-hybridized carbons (Fsp3) is 0.0714. The summed E-state index contributed by atoms with van der Waals surface area (Å²) in [5, 5.41) is 15.6. The average molecular weight is 318 g/mol. The first-order chi connectivity index (χ1) is 10.2. The molecule has 21 heavy (non-hydrogen) atoms. The number of hydrogen-bond donors (Lipinski definition) is 1. The van der Waals surface area contributed by atoms with E-state index in [4.69, 9.17) is 9.63 Å². The Morgan fingerprint density at radius 1 is 1.38 bits per heavy atom. The topological polar surface area (TPSA) is 76.2 Å². The number of nitrogens with zero attached hydrogens (tertiary/aromatic N) is 2. The lowest BCUT2D eigenvalue weighted by molar-refractivity contribution is 0.0692. The molecule has 0 fully saturated rings. The third-order valence-electron chi connectivity index (χ3n) is 2.68. The quantitative estimate of drug-likeness (QED) is 0.721. The second-order valence-electron chi connectivity index (χ2n) is 4.11. The normalized spacial score (nSPS) is 10.7. The first-order valence-corrected chi connectivity index (χ1v) is 7.91. The Morgan fingerprint density at radius 2 is 2.29 bits per heavy atom. The molecule has 0 aliphatic carbocycles. The second-order valence-corrected chi connectivity index (χ2v) is 6.02. The lowest BCUT2D eigenvalue weighted by Gasteiger charge is -2.02. The second kappa shape index (κ2) is 6.11. The van der Waals surface area contributed by atoms with Crippen LogP contribution < -0.4 is 0 Å². The molecule has 0 aromatic carbocycles. The third kappa shape index (κ3) is 3.14. The zero-order chi connectivity index (χ0) is 14.7. The zero-order valence-corrected chi connectivity index (χ0v) is 12.4. The number of aromatic carboxylic acids is 1. The van der Waals surface area contributed by atoms with Gasteiger partial charge in [-0.05, 0) is 23.6 Å². The van der Waals surface area contributed by atoms with Gasteiger partial charge in [0.1, 0.15) is 5.03 Å². The van der Waals surface area contributed by atoms with Crippen molar-refractivity contribution in [3.8, 4) is 10.6 Å². The molecule has 1 N–H and O–H groups in total. The molecule has 0 spiro atoms. The van der Waals surface area contributed by atoms with E-state index in [9.17, 15) is 4.79 Å². The summed E-state index contributed by atoms with van der Waals surface area (Å²) in [5.41, 5.74) is 0.954. The SMILES string of the molecule is O=C(O)c1cccnc1SCc1cc(-c2cccs2)on1. The molecule has 3 aromatic rings. The minimum absolute atomic E-state index is 0.199. The molecule has 0 amide bonds. The van der Waals surface area contributed by atoms with Gasteiger partial charge in [0.15, 0.2) is 5.76 Å². The number of carbonyl (C=O) groups is 1. The van der Waals surface area contributed by atoms with Crippen molar-refractivity contribution in [1.82, 2.24) is 10.1 Å². The Balaban J connectivity index is 1.73. The van der Waals surface area contributed by atoms with Crippen LogP contribution in [0.2, 0.25) is 0 Å². The number of thioether (sulfide) groups is 1. The Bertz CT molecular complexity index is 753. The van der Waals surface area contributed by atoms with Gasteiger partial charge in [0, 0.05) is 18.0 Å². The minimum Gasteiger partial charge on any atom is -0.478 e. The van der Waals surface area contributed by atoms with Crippen LogP contribution in [0.4, 0.5) is 0 Å². The van der Waals surface area contributed by atoms with Crippen LogP contribution in [0, 0.1) is 0 Å². The van der Waals surface area contributed by atoms with Gasteiger partial charge in [0.25, 0.3) is 0 Å². The average Bonchev–Trinajstić information content (AvgIpc) is 3.16. The van der Waals surface area contributed by atoms with Crippen molar-refractivity contribution >= 4 is 29.1 Å². The van der Waals surface area contributed by atoms with Gasteiger partial charge >= 0.3 is 5.97 Å². The number of carboxylic acids is 1. The van der Waals surface area contributed by atoms with Gasteiger partial charge in [-0.1, -0.05) is 23.0 Å². The largest absolute Gasteiger partial charge is 0.478 e. The summed E-state index contributed by atoms with van der Waals surface area (Å²) in [5.74, 6) is 0.247. The third-order valence-corrected chi connectivity index (χ3v) is 4.60. The van der Waals surface area contributed by atoms with Crippen molar-refractivity contribution in [3.63, 3.8) is 0 Å².